The molecule has 1 atom stereocenters. The standard InChI is InChI=1S/C16H14N2O/c19-16(14-9-5-2-6-10-14)18-15(11-12-17-18)13-7-3-1-4-8-13/h1-10,12,15H,11H2/t15-/m0/s1. The van der Waals surface area contributed by atoms with E-state index < -0.39 is 0 Å². The highest BCUT2D eigenvalue weighted by Crippen LogP contribution is 2.29. The summed E-state index contributed by atoms with van der Waals surface area (Å²) in [6.45, 7) is 0. The van der Waals surface area contributed by atoms with Gasteiger partial charge in [0.05, 0.1) is 6.04 Å². The van der Waals surface area contributed by atoms with Crippen LogP contribution in [0.3, 0.4) is 0 Å². The second-order valence-corrected chi connectivity index (χ2v) is 4.48. The Morgan fingerprint density at radius 2 is 1.63 bits per heavy atom. The average molecular weight is 250 g/mol. The van der Waals surface area contributed by atoms with Crippen molar-refractivity contribution in [3.8, 4) is 0 Å². The van der Waals surface area contributed by atoms with Gasteiger partial charge < -0.3 is 0 Å². The first-order valence-electron chi connectivity index (χ1n) is 6.32. The van der Waals surface area contributed by atoms with Gasteiger partial charge in [0.2, 0.25) is 0 Å². The van der Waals surface area contributed by atoms with Crippen LogP contribution in [-0.2, 0) is 0 Å². The molecule has 0 aliphatic carbocycles. The lowest BCUT2D eigenvalue weighted by Crippen LogP contribution is -2.27. The number of carbonyl (C=O) groups is 1. The van der Waals surface area contributed by atoms with Crippen LogP contribution in [0.4, 0.5) is 0 Å². The summed E-state index contributed by atoms with van der Waals surface area (Å²) in [6, 6.07) is 19.3. The van der Waals surface area contributed by atoms with Gasteiger partial charge in [0.1, 0.15) is 0 Å². The molecule has 3 heteroatoms. The molecule has 0 bridgehead atoms. The largest absolute Gasteiger partial charge is 0.274 e. The Balaban J connectivity index is 1.88. The fourth-order valence-electron chi connectivity index (χ4n) is 2.27. The molecular weight excluding hydrogens is 236 g/mol. The van der Waals surface area contributed by atoms with Crippen molar-refractivity contribution >= 4 is 12.1 Å². The number of benzene rings is 2. The second-order valence-electron chi connectivity index (χ2n) is 4.48. The van der Waals surface area contributed by atoms with E-state index in [1.165, 1.54) is 0 Å². The lowest BCUT2D eigenvalue weighted by atomic mass is 10.0. The third-order valence-corrected chi connectivity index (χ3v) is 3.24. The topological polar surface area (TPSA) is 32.7 Å². The van der Waals surface area contributed by atoms with Crippen LogP contribution in [0.15, 0.2) is 65.8 Å². The zero-order valence-electron chi connectivity index (χ0n) is 10.4. The number of nitrogens with zero attached hydrogens (tertiary/aromatic N) is 2. The third kappa shape index (κ3) is 2.27. The first-order chi connectivity index (χ1) is 9.36. The normalized spacial score (nSPS) is 17.7. The molecule has 1 heterocycles. The lowest BCUT2D eigenvalue weighted by Gasteiger charge is -2.22. The Labute approximate surface area is 112 Å². The Kier molecular flexibility index (Phi) is 3.11. The smallest absolute Gasteiger partial charge is 0.267 e. The summed E-state index contributed by atoms with van der Waals surface area (Å²) in [5.74, 6) is -0.0526. The molecular formula is C16H14N2O. The van der Waals surface area contributed by atoms with Gasteiger partial charge in [0.15, 0.2) is 0 Å². The Hall–Kier alpha value is -2.42. The van der Waals surface area contributed by atoms with Gasteiger partial charge in [-0.25, -0.2) is 5.01 Å². The molecule has 1 aliphatic rings. The molecule has 1 aliphatic heterocycles. The van der Waals surface area contributed by atoms with Gasteiger partial charge in [-0.05, 0) is 17.7 Å². The molecule has 0 spiro atoms. The molecule has 0 radical (unpaired) electrons. The minimum Gasteiger partial charge on any atom is -0.267 e. The molecule has 1 amide bonds. The van der Waals surface area contributed by atoms with E-state index in [0.717, 1.165) is 12.0 Å². The van der Waals surface area contributed by atoms with E-state index in [-0.39, 0.29) is 11.9 Å². The van der Waals surface area contributed by atoms with Crippen molar-refractivity contribution in [3.63, 3.8) is 0 Å². The maximum Gasteiger partial charge on any atom is 0.274 e. The van der Waals surface area contributed by atoms with E-state index in [1.807, 2.05) is 60.7 Å². The number of carbonyl (C=O) groups excluding carboxylic acids is 1. The van der Waals surface area contributed by atoms with Gasteiger partial charge in [0, 0.05) is 18.2 Å². The molecule has 0 fully saturated rings. The quantitative estimate of drug-likeness (QED) is 0.805. The SMILES string of the molecule is O=C(c1ccccc1)N1N=CC[C@H]1c1ccccc1. The number of hydrogen-bond acceptors (Lipinski definition) is 2. The maximum atomic E-state index is 12.4. The molecule has 0 aromatic heterocycles. The van der Waals surface area contributed by atoms with Gasteiger partial charge in [-0.1, -0.05) is 48.5 Å². The van der Waals surface area contributed by atoms with Crippen LogP contribution >= 0.6 is 0 Å². The Bertz CT molecular complexity index is 593. The molecule has 0 saturated carbocycles. The van der Waals surface area contributed by atoms with E-state index in [2.05, 4.69) is 5.10 Å². The minimum absolute atomic E-state index is 0.00825. The van der Waals surface area contributed by atoms with Crippen LogP contribution in [0, 0.1) is 0 Å². The third-order valence-electron chi connectivity index (χ3n) is 3.24. The number of rotatable bonds is 2. The molecule has 2 aromatic carbocycles. The summed E-state index contributed by atoms with van der Waals surface area (Å²) in [4.78, 5) is 12.4. The molecule has 0 N–H and O–H groups in total. The van der Waals surface area contributed by atoms with Crippen molar-refractivity contribution in [1.29, 1.82) is 0 Å². The van der Waals surface area contributed by atoms with Gasteiger partial charge in [-0.15, -0.1) is 0 Å². The average Bonchev–Trinajstić information content (AvgIpc) is 2.98. The van der Waals surface area contributed by atoms with E-state index in [1.54, 1.807) is 11.2 Å². The van der Waals surface area contributed by atoms with Crippen LogP contribution in [0.25, 0.3) is 0 Å². The highest BCUT2D eigenvalue weighted by atomic mass is 16.2. The number of hydrogen-bond donors (Lipinski definition) is 0. The summed E-state index contributed by atoms with van der Waals surface area (Å²) in [6.07, 6.45) is 2.57. The fourth-order valence-corrected chi connectivity index (χ4v) is 2.27. The van der Waals surface area contributed by atoms with E-state index in [0.29, 0.717) is 5.56 Å². The van der Waals surface area contributed by atoms with Crippen molar-refractivity contribution in [2.75, 3.05) is 0 Å². The van der Waals surface area contributed by atoms with Crippen molar-refractivity contribution in [3.05, 3.63) is 71.8 Å². The summed E-state index contributed by atoms with van der Waals surface area (Å²) in [5, 5.41) is 5.80. The van der Waals surface area contributed by atoms with E-state index in [4.69, 9.17) is 0 Å². The molecule has 94 valence electrons. The van der Waals surface area contributed by atoms with E-state index in [9.17, 15) is 4.79 Å². The number of amides is 1. The van der Waals surface area contributed by atoms with Crippen LogP contribution in [0.2, 0.25) is 0 Å². The highest BCUT2D eigenvalue weighted by Gasteiger charge is 2.28. The Morgan fingerprint density at radius 3 is 2.32 bits per heavy atom. The summed E-state index contributed by atoms with van der Waals surface area (Å²) in [7, 11) is 0. The summed E-state index contributed by atoms with van der Waals surface area (Å²) < 4.78 is 0. The van der Waals surface area contributed by atoms with E-state index >= 15 is 0 Å². The van der Waals surface area contributed by atoms with Crippen molar-refractivity contribution in [1.82, 2.24) is 5.01 Å². The molecule has 0 unspecified atom stereocenters. The maximum absolute atomic E-state index is 12.4. The minimum atomic E-state index is -0.0526. The Morgan fingerprint density at radius 1 is 1.00 bits per heavy atom. The van der Waals surface area contributed by atoms with Gasteiger partial charge in [-0.2, -0.15) is 5.10 Å². The van der Waals surface area contributed by atoms with Gasteiger partial charge in [0.25, 0.3) is 5.91 Å². The molecule has 0 saturated heterocycles. The molecule has 3 nitrogen and oxygen atoms in total. The lowest BCUT2D eigenvalue weighted by molar-refractivity contribution is 0.0711. The monoisotopic (exact) mass is 250 g/mol. The molecule has 3 rings (SSSR count). The zero-order chi connectivity index (χ0) is 13.1. The summed E-state index contributed by atoms with van der Waals surface area (Å²) in [5.41, 5.74) is 1.78. The van der Waals surface area contributed by atoms with Gasteiger partial charge >= 0.3 is 0 Å². The first-order valence-corrected chi connectivity index (χ1v) is 6.32. The van der Waals surface area contributed by atoms with Crippen molar-refractivity contribution in [2.45, 2.75) is 12.5 Å². The first kappa shape index (κ1) is 11.7. The van der Waals surface area contributed by atoms with Crippen LogP contribution < -0.4 is 0 Å². The van der Waals surface area contributed by atoms with Crippen LogP contribution in [0.5, 0.6) is 0 Å². The number of hydrazone groups is 1. The predicted octanol–water partition coefficient (Wildman–Crippen LogP) is 3.26. The predicted molar refractivity (Wildman–Crippen MR) is 74.9 cm³/mol. The zero-order valence-corrected chi connectivity index (χ0v) is 10.4. The van der Waals surface area contributed by atoms with Crippen molar-refractivity contribution in [2.24, 2.45) is 5.10 Å². The van der Waals surface area contributed by atoms with Crippen LogP contribution in [-0.4, -0.2) is 17.1 Å². The van der Waals surface area contributed by atoms with Gasteiger partial charge in [-0.3, -0.25) is 4.79 Å². The van der Waals surface area contributed by atoms with Crippen molar-refractivity contribution < 1.29 is 4.79 Å². The van der Waals surface area contributed by atoms with Crippen LogP contribution in [0.1, 0.15) is 28.4 Å². The molecule has 19 heavy (non-hydrogen) atoms. The second kappa shape index (κ2) is 5.06. The summed E-state index contributed by atoms with van der Waals surface area (Å²) >= 11 is 0. The fraction of sp³-hybridized carbons (Fsp3) is 0.125. The molecule has 2 aromatic rings. The highest BCUT2D eigenvalue weighted by molar-refractivity contribution is 5.95.